The molecule has 0 radical (unpaired) electrons. The van der Waals surface area contributed by atoms with E-state index in [0.29, 0.717) is 17.4 Å². The Morgan fingerprint density at radius 1 is 1.47 bits per heavy atom. The predicted molar refractivity (Wildman–Crippen MR) is 70.1 cm³/mol. The summed E-state index contributed by atoms with van der Waals surface area (Å²) in [4.78, 5) is 8.47. The number of hydrogen-bond acceptors (Lipinski definition) is 7. The van der Waals surface area contributed by atoms with Crippen LogP contribution in [0.25, 0.3) is 0 Å². The number of hydrogen-bond donors (Lipinski definition) is 1. The van der Waals surface area contributed by atoms with Crippen molar-refractivity contribution in [2.45, 2.75) is 25.5 Å². The zero-order valence-corrected chi connectivity index (χ0v) is 11.2. The SMILES string of the molecule is CCCSCc1noc(Cc2csc(N)n2)n1. The van der Waals surface area contributed by atoms with Gasteiger partial charge in [-0.05, 0) is 12.2 Å². The number of nitrogen functional groups attached to an aromatic ring is 1. The summed E-state index contributed by atoms with van der Waals surface area (Å²) in [6.07, 6.45) is 1.71. The van der Waals surface area contributed by atoms with E-state index in [2.05, 4.69) is 22.0 Å². The van der Waals surface area contributed by atoms with E-state index >= 15 is 0 Å². The molecule has 2 rings (SSSR count). The number of anilines is 1. The Bertz CT molecular complexity index is 468. The fourth-order valence-electron chi connectivity index (χ4n) is 1.29. The van der Waals surface area contributed by atoms with Gasteiger partial charge in [-0.25, -0.2) is 4.98 Å². The summed E-state index contributed by atoms with van der Waals surface area (Å²) in [5, 5.41) is 6.40. The second-order valence-electron chi connectivity index (χ2n) is 3.51. The lowest BCUT2D eigenvalue weighted by Gasteiger charge is -1.91. The van der Waals surface area contributed by atoms with Gasteiger partial charge >= 0.3 is 0 Å². The van der Waals surface area contributed by atoms with Gasteiger partial charge in [0.15, 0.2) is 11.0 Å². The van der Waals surface area contributed by atoms with Crippen molar-refractivity contribution in [3.63, 3.8) is 0 Å². The van der Waals surface area contributed by atoms with Gasteiger partial charge in [0.2, 0.25) is 5.89 Å². The zero-order chi connectivity index (χ0) is 12.1. The second-order valence-corrected chi connectivity index (χ2v) is 5.51. The van der Waals surface area contributed by atoms with Gasteiger partial charge < -0.3 is 10.3 Å². The Balaban J connectivity index is 1.89. The fourth-order valence-corrected chi connectivity index (χ4v) is 2.58. The van der Waals surface area contributed by atoms with E-state index in [0.717, 1.165) is 29.4 Å². The highest BCUT2D eigenvalue weighted by atomic mass is 32.2. The van der Waals surface area contributed by atoms with E-state index < -0.39 is 0 Å². The third-order valence-corrected chi connectivity index (χ3v) is 3.87. The third-order valence-electron chi connectivity index (χ3n) is 1.99. The molecular formula is C10H14N4OS2. The van der Waals surface area contributed by atoms with E-state index in [4.69, 9.17) is 10.3 Å². The summed E-state index contributed by atoms with van der Waals surface area (Å²) in [6, 6.07) is 0. The zero-order valence-electron chi connectivity index (χ0n) is 9.55. The molecule has 0 amide bonds. The first kappa shape index (κ1) is 12.4. The second kappa shape index (κ2) is 6.02. The molecule has 2 aromatic rings. The van der Waals surface area contributed by atoms with Gasteiger partial charge in [0.25, 0.3) is 0 Å². The molecule has 2 heterocycles. The summed E-state index contributed by atoms with van der Waals surface area (Å²) in [5.74, 6) is 3.27. The smallest absolute Gasteiger partial charge is 0.232 e. The van der Waals surface area contributed by atoms with Gasteiger partial charge in [0.1, 0.15) is 0 Å². The number of thioether (sulfide) groups is 1. The molecule has 0 bridgehead atoms. The van der Waals surface area contributed by atoms with Crippen LogP contribution in [0.5, 0.6) is 0 Å². The summed E-state index contributed by atoms with van der Waals surface area (Å²) in [6.45, 7) is 2.15. The molecule has 0 fully saturated rings. The molecule has 0 aromatic carbocycles. The van der Waals surface area contributed by atoms with Crippen LogP contribution in [-0.2, 0) is 12.2 Å². The predicted octanol–water partition coefficient (Wildman–Crippen LogP) is 2.34. The maximum atomic E-state index is 5.56. The van der Waals surface area contributed by atoms with Crippen LogP contribution < -0.4 is 5.73 Å². The van der Waals surface area contributed by atoms with E-state index in [1.165, 1.54) is 11.3 Å². The van der Waals surface area contributed by atoms with E-state index in [9.17, 15) is 0 Å². The quantitative estimate of drug-likeness (QED) is 0.812. The van der Waals surface area contributed by atoms with Crippen molar-refractivity contribution in [2.75, 3.05) is 11.5 Å². The molecule has 0 spiro atoms. The van der Waals surface area contributed by atoms with Gasteiger partial charge in [-0.15, -0.1) is 11.3 Å². The first-order valence-electron chi connectivity index (χ1n) is 5.37. The molecule has 0 saturated carbocycles. The molecule has 0 saturated heterocycles. The average molecular weight is 270 g/mol. The van der Waals surface area contributed by atoms with Crippen molar-refractivity contribution in [1.29, 1.82) is 0 Å². The molecule has 2 N–H and O–H groups in total. The third kappa shape index (κ3) is 3.71. The molecular weight excluding hydrogens is 256 g/mol. The highest BCUT2D eigenvalue weighted by Crippen LogP contribution is 2.15. The van der Waals surface area contributed by atoms with Gasteiger partial charge in [-0.3, -0.25) is 0 Å². The van der Waals surface area contributed by atoms with Crippen LogP contribution in [0.3, 0.4) is 0 Å². The number of rotatable bonds is 6. The molecule has 2 aromatic heterocycles. The Kier molecular flexibility index (Phi) is 4.38. The van der Waals surface area contributed by atoms with Crippen molar-refractivity contribution in [2.24, 2.45) is 0 Å². The van der Waals surface area contributed by atoms with Crippen molar-refractivity contribution >= 4 is 28.2 Å². The maximum Gasteiger partial charge on any atom is 0.232 e. The summed E-state index contributed by atoms with van der Waals surface area (Å²) >= 11 is 3.23. The van der Waals surface area contributed by atoms with Gasteiger partial charge in [0, 0.05) is 5.38 Å². The number of nitrogens with zero attached hydrogens (tertiary/aromatic N) is 3. The molecule has 0 atom stereocenters. The summed E-state index contributed by atoms with van der Waals surface area (Å²) < 4.78 is 5.16. The molecule has 5 nitrogen and oxygen atoms in total. The number of nitrogens with two attached hydrogens (primary N) is 1. The van der Waals surface area contributed by atoms with Crippen molar-refractivity contribution in [1.82, 2.24) is 15.1 Å². The lowest BCUT2D eigenvalue weighted by Crippen LogP contribution is -1.91. The van der Waals surface area contributed by atoms with Crippen LogP contribution in [0.2, 0.25) is 0 Å². The van der Waals surface area contributed by atoms with Crippen molar-refractivity contribution in [3.8, 4) is 0 Å². The fraction of sp³-hybridized carbons (Fsp3) is 0.500. The minimum absolute atomic E-state index is 0.555. The van der Waals surface area contributed by atoms with Gasteiger partial charge in [-0.1, -0.05) is 12.1 Å². The Morgan fingerprint density at radius 3 is 3.06 bits per heavy atom. The van der Waals surface area contributed by atoms with Crippen molar-refractivity contribution < 1.29 is 4.52 Å². The molecule has 0 unspecified atom stereocenters. The molecule has 0 aliphatic rings. The maximum absolute atomic E-state index is 5.56. The topological polar surface area (TPSA) is 77.8 Å². The van der Waals surface area contributed by atoms with E-state index in [1.54, 1.807) is 0 Å². The molecule has 0 aliphatic heterocycles. The molecule has 7 heteroatoms. The Labute approximate surface area is 108 Å². The largest absolute Gasteiger partial charge is 0.375 e. The van der Waals surface area contributed by atoms with Gasteiger partial charge in [0.05, 0.1) is 17.9 Å². The monoisotopic (exact) mass is 270 g/mol. The van der Waals surface area contributed by atoms with Crippen LogP contribution in [0.4, 0.5) is 5.13 Å². The molecule has 17 heavy (non-hydrogen) atoms. The first-order chi connectivity index (χ1) is 8.28. The highest BCUT2D eigenvalue weighted by Gasteiger charge is 2.09. The number of thiazole rings is 1. The molecule has 0 aliphatic carbocycles. The van der Waals surface area contributed by atoms with Crippen LogP contribution in [0.1, 0.15) is 30.8 Å². The van der Waals surface area contributed by atoms with Crippen LogP contribution in [-0.4, -0.2) is 20.9 Å². The van der Waals surface area contributed by atoms with Gasteiger partial charge in [-0.2, -0.15) is 16.7 Å². The molecule has 92 valence electrons. The van der Waals surface area contributed by atoms with Crippen LogP contribution >= 0.6 is 23.1 Å². The Hall–Kier alpha value is -1.08. The summed E-state index contributed by atoms with van der Waals surface area (Å²) in [5.41, 5.74) is 6.43. The average Bonchev–Trinajstić information content (AvgIpc) is 2.90. The highest BCUT2D eigenvalue weighted by molar-refractivity contribution is 7.98. The standard InChI is InChI=1S/C10H14N4OS2/c1-2-3-16-6-8-13-9(15-14-8)4-7-5-17-10(11)12-7/h5H,2-4,6H2,1H3,(H2,11,12). The lowest BCUT2D eigenvalue weighted by atomic mass is 10.3. The lowest BCUT2D eigenvalue weighted by molar-refractivity contribution is 0.380. The number of aromatic nitrogens is 3. The minimum Gasteiger partial charge on any atom is -0.375 e. The van der Waals surface area contributed by atoms with E-state index in [1.807, 2.05) is 17.1 Å². The normalized spacial score (nSPS) is 10.9. The van der Waals surface area contributed by atoms with Crippen LogP contribution in [0.15, 0.2) is 9.90 Å². The van der Waals surface area contributed by atoms with Crippen LogP contribution in [0, 0.1) is 0 Å². The van der Waals surface area contributed by atoms with Crippen molar-refractivity contribution in [3.05, 3.63) is 22.8 Å². The van der Waals surface area contributed by atoms with E-state index in [-0.39, 0.29) is 0 Å². The summed E-state index contributed by atoms with van der Waals surface area (Å²) in [7, 11) is 0. The minimum atomic E-state index is 0.555. The first-order valence-corrected chi connectivity index (χ1v) is 7.40. The Morgan fingerprint density at radius 2 is 2.35 bits per heavy atom.